The van der Waals surface area contributed by atoms with Gasteiger partial charge < -0.3 is 0 Å². The number of halogens is 4. The summed E-state index contributed by atoms with van der Waals surface area (Å²) in [5.41, 5.74) is 0. The summed E-state index contributed by atoms with van der Waals surface area (Å²) in [5.74, 6) is -1.60. The quantitative estimate of drug-likeness (QED) is 0.390. The summed E-state index contributed by atoms with van der Waals surface area (Å²) in [6.45, 7) is 0. The molecule has 1 heterocycles. The van der Waals surface area contributed by atoms with Gasteiger partial charge in [-0.1, -0.05) is 11.6 Å². The second kappa shape index (κ2) is 2.23. The van der Waals surface area contributed by atoms with Gasteiger partial charge in [0.15, 0.2) is 0 Å². The number of rotatable bonds is 0. The van der Waals surface area contributed by atoms with Gasteiger partial charge in [-0.2, -0.15) is 13.8 Å². The smallest absolute Gasteiger partial charge is 0.235 e. The van der Waals surface area contributed by atoms with E-state index in [4.69, 9.17) is 11.6 Å². The normalized spacial score (nSPS) is 39.6. The van der Waals surface area contributed by atoms with Gasteiger partial charge in [0.2, 0.25) is 5.97 Å². The lowest BCUT2D eigenvalue weighted by molar-refractivity contribution is 0.335. The van der Waals surface area contributed by atoms with Gasteiger partial charge in [0.1, 0.15) is 0 Å². The van der Waals surface area contributed by atoms with Crippen molar-refractivity contribution in [2.24, 2.45) is 9.98 Å². The molecule has 0 bridgehead atoms. The van der Waals surface area contributed by atoms with Gasteiger partial charge >= 0.3 is 0 Å². The maximum atomic E-state index is 12.4. The van der Waals surface area contributed by atoms with E-state index in [0.29, 0.717) is 6.21 Å². The van der Waals surface area contributed by atoms with E-state index in [1.807, 2.05) is 0 Å². The first-order chi connectivity index (χ1) is 4.52. The first-order valence-corrected chi connectivity index (χ1v) is 2.70. The maximum absolute atomic E-state index is 12.4. The van der Waals surface area contributed by atoms with Crippen molar-refractivity contribution in [1.82, 2.24) is 0 Å². The lowest BCUT2D eigenvalue weighted by Crippen LogP contribution is -2.30. The molecule has 1 aliphatic heterocycles. The van der Waals surface area contributed by atoms with E-state index < -0.39 is 17.5 Å². The summed E-state index contributed by atoms with van der Waals surface area (Å²) in [5, 5.41) is -2.86. The van der Waals surface area contributed by atoms with E-state index in [1.54, 1.807) is 0 Å². The molecule has 0 aromatic heterocycles. The van der Waals surface area contributed by atoms with Crippen LogP contribution in [-0.4, -0.2) is 23.7 Å². The van der Waals surface area contributed by atoms with E-state index >= 15 is 0 Å². The molecule has 2 atom stereocenters. The first-order valence-electron chi connectivity index (χ1n) is 2.32. The van der Waals surface area contributed by atoms with E-state index in [1.165, 1.54) is 0 Å². The molecule has 0 aliphatic carbocycles. The highest BCUT2D eigenvalue weighted by atomic mass is 35.5. The predicted octanol–water partition coefficient (Wildman–Crippen LogP) is 1.60. The van der Waals surface area contributed by atoms with Crippen molar-refractivity contribution in [3.05, 3.63) is 0 Å². The zero-order chi connectivity index (χ0) is 7.78. The summed E-state index contributed by atoms with van der Waals surface area (Å²) in [7, 11) is 0. The average molecular weight is 171 g/mol. The van der Waals surface area contributed by atoms with Crippen LogP contribution >= 0.6 is 11.6 Å². The molecule has 0 radical (unpaired) electrons. The van der Waals surface area contributed by atoms with Gasteiger partial charge in [0.25, 0.3) is 11.5 Å². The Hall–Kier alpha value is -0.580. The Balaban J connectivity index is 2.87. The number of aliphatic imine (C=N–C) groups is 2. The summed E-state index contributed by atoms with van der Waals surface area (Å²) in [6.07, 6.45) is -1.73. The van der Waals surface area contributed by atoms with Crippen molar-refractivity contribution in [3.63, 3.8) is 0 Å². The molecule has 0 saturated carbocycles. The monoisotopic (exact) mass is 170 g/mol. The van der Waals surface area contributed by atoms with Crippen LogP contribution in [0.2, 0.25) is 0 Å². The fraction of sp³-hybridized carbons (Fsp3) is 0.500. The Morgan fingerprint density at radius 3 is 2.70 bits per heavy atom. The number of hydrogen-bond acceptors (Lipinski definition) is 2. The Bertz CT molecular complexity index is 201. The lowest BCUT2D eigenvalue weighted by Gasteiger charge is -2.12. The van der Waals surface area contributed by atoms with Crippen molar-refractivity contribution >= 4 is 23.8 Å². The van der Waals surface area contributed by atoms with Gasteiger partial charge in [-0.05, 0) is 0 Å². The Morgan fingerprint density at radius 1 is 1.70 bits per heavy atom. The van der Waals surface area contributed by atoms with Crippen LogP contribution in [0.4, 0.5) is 13.2 Å². The third kappa shape index (κ3) is 1.29. The molecule has 0 N–H and O–H groups in total. The molecular formula is C4H2ClF3N2. The van der Waals surface area contributed by atoms with Crippen LogP contribution in [0.1, 0.15) is 0 Å². The van der Waals surface area contributed by atoms with Crippen LogP contribution in [0.3, 0.4) is 0 Å². The second-order valence-electron chi connectivity index (χ2n) is 1.63. The Labute approximate surface area is 59.4 Å². The minimum Gasteiger partial charge on any atom is -0.235 e. The zero-order valence-electron chi connectivity index (χ0n) is 4.56. The van der Waals surface area contributed by atoms with E-state index in [0.717, 1.165) is 0 Å². The summed E-state index contributed by atoms with van der Waals surface area (Å²) < 4.78 is 36.4. The number of hydrogen-bond donors (Lipinski definition) is 0. The molecule has 6 heteroatoms. The molecule has 0 saturated heterocycles. The molecule has 1 aliphatic rings. The van der Waals surface area contributed by atoms with Crippen LogP contribution in [0, 0.1) is 0 Å². The molecule has 0 spiro atoms. The lowest BCUT2D eigenvalue weighted by atomic mass is 10.4. The number of nitrogens with zero attached hydrogens (tertiary/aromatic N) is 2. The van der Waals surface area contributed by atoms with E-state index in [9.17, 15) is 13.2 Å². The number of alkyl halides is 3. The molecular weight excluding hydrogens is 169 g/mol. The molecule has 0 aromatic rings. The van der Waals surface area contributed by atoms with Crippen LogP contribution in [0.15, 0.2) is 9.98 Å². The fourth-order valence-corrected chi connectivity index (χ4v) is 0.526. The van der Waals surface area contributed by atoms with Crippen molar-refractivity contribution in [2.75, 3.05) is 0 Å². The predicted molar refractivity (Wildman–Crippen MR) is 31.6 cm³/mol. The molecule has 2 unspecified atom stereocenters. The van der Waals surface area contributed by atoms with Gasteiger partial charge in [-0.15, -0.1) is 0 Å². The highest BCUT2D eigenvalue weighted by Gasteiger charge is 2.36. The highest BCUT2D eigenvalue weighted by molar-refractivity contribution is 6.42. The van der Waals surface area contributed by atoms with Crippen molar-refractivity contribution < 1.29 is 13.2 Å². The third-order valence-corrected chi connectivity index (χ3v) is 1.11. The molecule has 2 nitrogen and oxygen atoms in total. The van der Waals surface area contributed by atoms with Crippen molar-refractivity contribution in [2.45, 2.75) is 11.5 Å². The highest BCUT2D eigenvalue weighted by Crippen LogP contribution is 2.22. The minimum atomic E-state index is -2.86. The van der Waals surface area contributed by atoms with Crippen LogP contribution in [0.25, 0.3) is 0 Å². The largest absolute Gasteiger partial charge is 0.287 e. The van der Waals surface area contributed by atoms with Crippen LogP contribution < -0.4 is 0 Å². The summed E-state index contributed by atoms with van der Waals surface area (Å²) in [6, 6.07) is 0. The zero-order valence-corrected chi connectivity index (χ0v) is 5.32. The second-order valence-corrected chi connectivity index (χ2v) is 2.18. The topological polar surface area (TPSA) is 24.7 Å². The van der Waals surface area contributed by atoms with E-state index in [2.05, 4.69) is 9.98 Å². The van der Waals surface area contributed by atoms with Crippen LogP contribution in [0.5, 0.6) is 0 Å². The average Bonchev–Trinajstić information content (AvgIpc) is 1.81. The standard InChI is InChI=1S/C4H2ClF3N2/c5-4(8)1-9-3(7)10-2(4)6/h1,3H. The molecule has 0 fully saturated rings. The SMILES string of the molecule is FC1=NC(F)N=CC1(F)Cl. The summed E-state index contributed by atoms with van der Waals surface area (Å²) >= 11 is 4.80. The Kier molecular flexibility index (Phi) is 1.68. The molecule has 56 valence electrons. The van der Waals surface area contributed by atoms with Gasteiger partial charge in [-0.25, -0.2) is 9.38 Å². The van der Waals surface area contributed by atoms with Crippen molar-refractivity contribution in [1.29, 1.82) is 0 Å². The first kappa shape index (κ1) is 7.53. The molecule has 0 amide bonds. The Morgan fingerprint density at radius 2 is 2.30 bits per heavy atom. The van der Waals surface area contributed by atoms with Gasteiger partial charge in [0, 0.05) is 0 Å². The minimum absolute atomic E-state index is 0.335. The fourth-order valence-electron chi connectivity index (χ4n) is 0.421. The van der Waals surface area contributed by atoms with Gasteiger partial charge in [-0.3, -0.25) is 0 Å². The van der Waals surface area contributed by atoms with Gasteiger partial charge in [0.05, 0.1) is 6.21 Å². The molecule has 10 heavy (non-hydrogen) atoms. The van der Waals surface area contributed by atoms with Crippen LogP contribution in [-0.2, 0) is 0 Å². The van der Waals surface area contributed by atoms with Crippen molar-refractivity contribution in [3.8, 4) is 0 Å². The summed E-state index contributed by atoms with van der Waals surface area (Å²) in [4.78, 5) is 5.32. The molecule has 1 rings (SSSR count). The third-order valence-electron chi connectivity index (χ3n) is 0.855. The molecule has 0 aromatic carbocycles. The van der Waals surface area contributed by atoms with E-state index in [-0.39, 0.29) is 0 Å². The maximum Gasteiger partial charge on any atom is 0.287 e.